The van der Waals surface area contributed by atoms with Gasteiger partial charge < -0.3 is 5.32 Å². The molecule has 0 unspecified atom stereocenters. The van der Waals surface area contributed by atoms with Crippen LogP contribution >= 0.6 is 15.9 Å². The number of hydrogen-bond donors (Lipinski definition) is 1. The van der Waals surface area contributed by atoms with Crippen LogP contribution < -0.4 is 10.9 Å². The van der Waals surface area contributed by atoms with Crippen molar-refractivity contribution in [2.24, 2.45) is 11.3 Å². The fourth-order valence-electron chi connectivity index (χ4n) is 2.88. The van der Waals surface area contributed by atoms with Gasteiger partial charge in [0.25, 0.3) is 5.56 Å². The second-order valence-corrected chi connectivity index (χ2v) is 7.16. The molecular formula is C15H22BrN3O. The second kappa shape index (κ2) is 5.51. The summed E-state index contributed by atoms with van der Waals surface area (Å²) in [5, 5.41) is 7.72. The number of nitrogens with zero attached hydrogens (tertiary/aromatic N) is 2. The van der Waals surface area contributed by atoms with Crippen LogP contribution in [0, 0.1) is 11.3 Å². The Bertz CT molecular complexity index is 541. The Balaban J connectivity index is 1.70. The molecule has 0 aliphatic heterocycles. The summed E-state index contributed by atoms with van der Waals surface area (Å²) in [4.78, 5) is 12.2. The van der Waals surface area contributed by atoms with E-state index in [1.54, 1.807) is 10.9 Å². The van der Waals surface area contributed by atoms with Crippen LogP contribution in [-0.4, -0.2) is 16.3 Å². The Kier molecular flexibility index (Phi) is 3.89. The van der Waals surface area contributed by atoms with Gasteiger partial charge in [-0.25, -0.2) is 4.68 Å². The van der Waals surface area contributed by atoms with Gasteiger partial charge in [0.15, 0.2) is 0 Å². The third-order valence-corrected chi connectivity index (χ3v) is 5.70. The molecule has 2 aliphatic carbocycles. The van der Waals surface area contributed by atoms with Crippen LogP contribution in [0.1, 0.15) is 45.4 Å². The Morgan fingerprint density at radius 1 is 1.50 bits per heavy atom. The van der Waals surface area contributed by atoms with E-state index in [4.69, 9.17) is 0 Å². The fourth-order valence-corrected chi connectivity index (χ4v) is 3.33. The summed E-state index contributed by atoms with van der Waals surface area (Å²) in [6, 6.07) is 0. The van der Waals surface area contributed by atoms with E-state index in [2.05, 4.69) is 33.3 Å². The first-order valence-corrected chi connectivity index (χ1v) is 8.42. The van der Waals surface area contributed by atoms with Gasteiger partial charge in [0.1, 0.15) is 4.47 Å². The quantitative estimate of drug-likeness (QED) is 0.863. The molecule has 0 aromatic carbocycles. The minimum Gasteiger partial charge on any atom is -0.382 e. The van der Waals surface area contributed by atoms with E-state index >= 15 is 0 Å². The van der Waals surface area contributed by atoms with Gasteiger partial charge in [0.2, 0.25) is 0 Å². The standard InChI is InChI=1S/C15H22BrN3O/c1-2-15(6-3-7-15)10-17-12-8-18-19(9-11-4-5-11)14(20)13(12)16/h8,11,17H,2-7,9-10H2,1H3. The van der Waals surface area contributed by atoms with E-state index in [-0.39, 0.29) is 5.56 Å². The molecule has 1 aromatic heterocycles. The molecule has 0 bridgehead atoms. The lowest BCUT2D eigenvalue weighted by Crippen LogP contribution is -2.36. The molecule has 1 heterocycles. The molecule has 2 aliphatic rings. The van der Waals surface area contributed by atoms with Crippen molar-refractivity contribution in [3.05, 3.63) is 21.0 Å². The first-order valence-electron chi connectivity index (χ1n) is 7.63. The van der Waals surface area contributed by atoms with E-state index in [9.17, 15) is 4.79 Å². The van der Waals surface area contributed by atoms with Gasteiger partial charge in [-0.1, -0.05) is 13.3 Å². The fraction of sp³-hybridized carbons (Fsp3) is 0.733. The van der Waals surface area contributed by atoms with Crippen molar-refractivity contribution >= 4 is 21.6 Å². The number of nitrogens with one attached hydrogen (secondary N) is 1. The van der Waals surface area contributed by atoms with Crippen LogP contribution in [0.4, 0.5) is 5.69 Å². The smallest absolute Gasteiger partial charge is 0.283 e. The van der Waals surface area contributed by atoms with Crippen molar-refractivity contribution in [3.63, 3.8) is 0 Å². The highest BCUT2D eigenvalue weighted by molar-refractivity contribution is 9.10. The number of anilines is 1. The zero-order chi connectivity index (χ0) is 14.2. The van der Waals surface area contributed by atoms with Crippen molar-refractivity contribution in [3.8, 4) is 0 Å². The highest BCUT2D eigenvalue weighted by Crippen LogP contribution is 2.43. The molecule has 5 heteroatoms. The maximum Gasteiger partial charge on any atom is 0.283 e. The summed E-state index contributed by atoms with van der Waals surface area (Å²) < 4.78 is 2.21. The highest BCUT2D eigenvalue weighted by Gasteiger charge is 2.34. The third kappa shape index (κ3) is 2.78. The molecule has 0 spiro atoms. The number of aromatic nitrogens is 2. The zero-order valence-corrected chi connectivity index (χ0v) is 13.6. The van der Waals surface area contributed by atoms with Crippen molar-refractivity contribution in [1.29, 1.82) is 0 Å². The van der Waals surface area contributed by atoms with Gasteiger partial charge in [-0.2, -0.15) is 5.10 Å². The van der Waals surface area contributed by atoms with Crippen molar-refractivity contribution < 1.29 is 0 Å². The molecule has 110 valence electrons. The van der Waals surface area contributed by atoms with E-state index in [1.165, 1.54) is 38.5 Å². The lowest BCUT2D eigenvalue weighted by Gasteiger charge is -2.41. The summed E-state index contributed by atoms with van der Waals surface area (Å²) in [5.74, 6) is 0.657. The Hall–Kier alpha value is -0.840. The zero-order valence-electron chi connectivity index (χ0n) is 12.0. The molecule has 4 nitrogen and oxygen atoms in total. The molecule has 0 radical (unpaired) electrons. The highest BCUT2D eigenvalue weighted by atomic mass is 79.9. The summed E-state index contributed by atoms with van der Waals surface area (Å²) in [5.41, 5.74) is 1.25. The summed E-state index contributed by atoms with van der Waals surface area (Å²) in [6.07, 6.45) is 9.35. The van der Waals surface area contributed by atoms with E-state index in [1.807, 2.05) is 0 Å². The van der Waals surface area contributed by atoms with Crippen LogP contribution in [0.25, 0.3) is 0 Å². The molecular weight excluding hydrogens is 318 g/mol. The molecule has 0 saturated heterocycles. The topological polar surface area (TPSA) is 46.9 Å². The molecule has 1 aromatic rings. The van der Waals surface area contributed by atoms with Crippen LogP contribution in [-0.2, 0) is 6.54 Å². The van der Waals surface area contributed by atoms with Crippen LogP contribution in [0.3, 0.4) is 0 Å². The van der Waals surface area contributed by atoms with Crippen molar-refractivity contribution in [1.82, 2.24) is 9.78 Å². The maximum absolute atomic E-state index is 12.2. The monoisotopic (exact) mass is 339 g/mol. The first kappa shape index (κ1) is 14.1. The average Bonchev–Trinajstić information content (AvgIpc) is 3.20. The maximum atomic E-state index is 12.2. The largest absolute Gasteiger partial charge is 0.382 e. The van der Waals surface area contributed by atoms with Crippen molar-refractivity contribution in [2.45, 2.75) is 52.0 Å². The van der Waals surface area contributed by atoms with Crippen molar-refractivity contribution in [2.75, 3.05) is 11.9 Å². The SMILES string of the molecule is CCC1(CNc2cnn(CC3CC3)c(=O)c2Br)CCC1. The predicted octanol–water partition coefficient (Wildman–Crippen LogP) is 3.41. The Morgan fingerprint density at radius 3 is 2.80 bits per heavy atom. The van der Waals surface area contributed by atoms with Gasteiger partial charge >= 0.3 is 0 Å². The minimum atomic E-state index is -0.0129. The summed E-state index contributed by atoms with van der Waals surface area (Å²) in [6.45, 7) is 3.95. The van der Waals surface area contributed by atoms with Gasteiger partial charge in [-0.3, -0.25) is 4.79 Å². The van der Waals surface area contributed by atoms with Crippen LogP contribution in [0.2, 0.25) is 0 Å². The number of halogens is 1. The number of hydrogen-bond acceptors (Lipinski definition) is 3. The van der Waals surface area contributed by atoms with Gasteiger partial charge in [0.05, 0.1) is 11.9 Å². The van der Waals surface area contributed by atoms with E-state index < -0.39 is 0 Å². The van der Waals surface area contributed by atoms with Gasteiger partial charge in [-0.05, 0) is 59.4 Å². The summed E-state index contributed by atoms with van der Waals surface area (Å²) >= 11 is 3.44. The normalized spacial score (nSPS) is 20.5. The molecule has 2 fully saturated rings. The predicted molar refractivity (Wildman–Crippen MR) is 84.0 cm³/mol. The molecule has 1 N–H and O–H groups in total. The molecule has 0 atom stereocenters. The van der Waals surface area contributed by atoms with E-state index in [0.29, 0.717) is 15.8 Å². The molecule has 20 heavy (non-hydrogen) atoms. The second-order valence-electron chi connectivity index (χ2n) is 6.36. The number of rotatable bonds is 6. The van der Waals surface area contributed by atoms with Gasteiger partial charge in [0, 0.05) is 13.1 Å². The molecule has 0 amide bonds. The van der Waals surface area contributed by atoms with Crippen LogP contribution in [0.15, 0.2) is 15.5 Å². The average molecular weight is 340 g/mol. The lowest BCUT2D eigenvalue weighted by atomic mass is 9.67. The molecule has 3 rings (SSSR count). The Morgan fingerprint density at radius 2 is 2.25 bits per heavy atom. The Labute approximate surface area is 128 Å². The van der Waals surface area contributed by atoms with E-state index in [0.717, 1.165) is 18.8 Å². The van der Waals surface area contributed by atoms with Crippen LogP contribution in [0.5, 0.6) is 0 Å². The summed E-state index contributed by atoms with van der Waals surface area (Å²) in [7, 11) is 0. The minimum absolute atomic E-state index is 0.0129. The third-order valence-electron chi connectivity index (χ3n) is 4.93. The van der Waals surface area contributed by atoms with Gasteiger partial charge in [-0.15, -0.1) is 0 Å². The molecule has 2 saturated carbocycles. The first-order chi connectivity index (χ1) is 9.63. The lowest BCUT2D eigenvalue weighted by molar-refractivity contribution is 0.145.